The maximum atomic E-state index is 3.78. The summed E-state index contributed by atoms with van der Waals surface area (Å²) in [4.78, 5) is 0. The smallest absolute Gasteiger partial charge is 0.0126 e. The van der Waals surface area contributed by atoms with Crippen LogP contribution in [-0.4, -0.2) is 0 Å². The Morgan fingerprint density at radius 2 is 1.53 bits per heavy atom. The molecular weight excluding hydrogens is 204 g/mol. The summed E-state index contributed by atoms with van der Waals surface area (Å²) in [5, 5.41) is 0. The van der Waals surface area contributed by atoms with Gasteiger partial charge in [0.25, 0.3) is 0 Å². The summed E-state index contributed by atoms with van der Waals surface area (Å²) in [7, 11) is 0. The predicted molar refractivity (Wildman–Crippen MR) is 80.2 cm³/mol. The van der Waals surface area contributed by atoms with Crippen molar-refractivity contribution in [2.75, 3.05) is 0 Å². The number of rotatable bonds is 2. The zero-order valence-electron chi connectivity index (χ0n) is 12.2. The maximum Gasteiger partial charge on any atom is -0.0126 e. The molecule has 0 aromatic heterocycles. The second kappa shape index (κ2) is 7.11. The Morgan fingerprint density at radius 1 is 1.06 bits per heavy atom. The van der Waals surface area contributed by atoms with Crippen molar-refractivity contribution >= 4 is 5.57 Å². The van der Waals surface area contributed by atoms with Gasteiger partial charge >= 0.3 is 0 Å². The van der Waals surface area contributed by atoms with Crippen molar-refractivity contribution in [2.24, 2.45) is 5.41 Å². The molecule has 0 bridgehead atoms. The molecular formula is C17H26. The van der Waals surface area contributed by atoms with Crippen molar-refractivity contribution in [3.8, 4) is 0 Å². The molecule has 0 heteroatoms. The molecule has 1 aromatic carbocycles. The third-order valence-corrected chi connectivity index (χ3v) is 2.46. The Kier molecular flexibility index (Phi) is 6.57. The van der Waals surface area contributed by atoms with E-state index in [2.05, 4.69) is 64.6 Å². The number of aryl methyl sites for hydroxylation is 1. The lowest BCUT2D eigenvalue weighted by Crippen LogP contribution is -2.08. The molecule has 0 unspecified atom stereocenters. The Morgan fingerprint density at radius 3 is 1.88 bits per heavy atom. The molecule has 17 heavy (non-hydrogen) atoms. The van der Waals surface area contributed by atoms with Gasteiger partial charge in [0, 0.05) is 0 Å². The number of allylic oxidation sites excluding steroid dienone is 3. The fourth-order valence-corrected chi connectivity index (χ4v) is 1.63. The monoisotopic (exact) mass is 230 g/mol. The van der Waals surface area contributed by atoms with Gasteiger partial charge in [0.05, 0.1) is 0 Å². The first-order valence-corrected chi connectivity index (χ1v) is 6.35. The van der Waals surface area contributed by atoms with Crippen LogP contribution < -0.4 is 0 Å². The van der Waals surface area contributed by atoms with Gasteiger partial charge in [0.15, 0.2) is 0 Å². The van der Waals surface area contributed by atoms with Crippen LogP contribution in [-0.2, 0) is 0 Å². The van der Waals surface area contributed by atoms with Crippen LogP contribution in [0.1, 0.15) is 45.7 Å². The largest absolute Gasteiger partial charge is 0.0991 e. The van der Waals surface area contributed by atoms with Crippen LogP contribution in [0.5, 0.6) is 0 Å². The van der Waals surface area contributed by atoms with Crippen LogP contribution >= 0.6 is 0 Å². The Bertz CT molecular complexity index is 358. The van der Waals surface area contributed by atoms with Gasteiger partial charge in [-0.05, 0) is 23.5 Å². The standard InChI is InChI=1S/C15H20.C2H6/c1-6-7-14(15(3,4)5)13-10-8-12(2)9-11-13;1-2/h6-11H,1H2,2-5H3;1-2H3/b14-7-;. The van der Waals surface area contributed by atoms with Crippen molar-refractivity contribution < 1.29 is 0 Å². The third-order valence-electron chi connectivity index (χ3n) is 2.46. The zero-order valence-corrected chi connectivity index (χ0v) is 12.2. The quantitative estimate of drug-likeness (QED) is 0.577. The van der Waals surface area contributed by atoms with E-state index in [4.69, 9.17) is 0 Å². The SMILES string of the molecule is C=C/C=C(/c1ccc(C)cc1)C(C)(C)C.CC. The van der Waals surface area contributed by atoms with Crippen molar-refractivity contribution in [3.63, 3.8) is 0 Å². The van der Waals surface area contributed by atoms with E-state index in [1.165, 1.54) is 16.7 Å². The summed E-state index contributed by atoms with van der Waals surface area (Å²) >= 11 is 0. The van der Waals surface area contributed by atoms with Crippen molar-refractivity contribution in [1.82, 2.24) is 0 Å². The lowest BCUT2D eigenvalue weighted by molar-refractivity contribution is 0.567. The molecule has 94 valence electrons. The maximum absolute atomic E-state index is 3.78. The molecule has 0 saturated carbocycles. The molecule has 0 atom stereocenters. The van der Waals surface area contributed by atoms with Crippen LogP contribution in [0.4, 0.5) is 0 Å². The molecule has 0 radical (unpaired) electrons. The molecule has 0 aliphatic heterocycles. The molecule has 0 amide bonds. The van der Waals surface area contributed by atoms with Gasteiger partial charge in [0.2, 0.25) is 0 Å². The van der Waals surface area contributed by atoms with E-state index in [0.717, 1.165) is 0 Å². The molecule has 1 aromatic rings. The lowest BCUT2D eigenvalue weighted by atomic mass is 9.81. The fourth-order valence-electron chi connectivity index (χ4n) is 1.63. The molecule has 0 spiro atoms. The highest BCUT2D eigenvalue weighted by molar-refractivity contribution is 5.70. The van der Waals surface area contributed by atoms with Gasteiger partial charge in [-0.25, -0.2) is 0 Å². The van der Waals surface area contributed by atoms with Crippen molar-refractivity contribution in [3.05, 3.63) is 54.1 Å². The Balaban J connectivity index is 0.00000121. The van der Waals surface area contributed by atoms with Crippen LogP contribution in [0, 0.1) is 12.3 Å². The minimum atomic E-state index is 0.156. The first-order valence-electron chi connectivity index (χ1n) is 6.35. The molecule has 1 rings (SSSR count). The van der Waals surface area contributed by atoms with E-state index in [0.29, 0.717) is 0 Å². The number of hydrogen-bond donors (Lipinski definition) is 0. The van der Waals surface area contributed by atoms with E-state index in [1.54, 1.807) is 0 Å². The molecule has 0 aliphatic rings. The summed E-state index contributed by atoms with van der Waals surface area (Å²) in [6.07, 6.45) is 3.96. The zero-order chi connectivity index (χ0) is 13.5. The molecule has 0 heterocycles. The van der Waals surface area contributed by atoms with Crippen molar-refractivity contribution in [2.45, 2.75) is 41.5 Å². The van der Waals surface area contributed by atoms with Crippen LogP contribution in [0.2, 0.25) is 0 Å². The predicted octanol–water partition coefficient (Wildman–Crippen LogP) is 5.64. The lowest BCUT2D eigenvalue weighted by Gasteiger charge is -2.23. The topological polar surface area (TPSA) is 0 Å². The molecule has 0 fully saturated rings. The second-order valence-electron chi connectivity index (χ2n) is 4.93. The third kappa shape index (κ3) is 5.04. The molecule has 0 nitrogen and oxygen atoms in total. The minimum Gasteiger partial charge on any atom is -0.0991 e. The van der Waals surface area contributed by atoms with E-state index in [-0.39, 0.29) is 5.41 Å². The van der Waals surface area contributed by atoms with E-state index < -0.39 is 0 Å². The fraction of sp³-hybridized carbons (Fsp3) is 0.412. The normalized spacial score (nSPS) is 11.5. The second-order valence-corrected chi connectivity index (χ2v) is 4.93. The van der Waals surface area contributed by atoms with E-state index in [1.807, 2.05) is 19.9 Å². The Labute approximate surface area is 107 Å². The van der Waals surface area contributed by atoms with Gasteiger partial charge in [-0.3, -0.25) is 0 Å². The van der Waals surface area contributed by atoms with E-state index >= 15 is 0 Å². The van der Waals surface area contributed by atoms with Crippen molar-refractivity contribution in [1.29, 1.82) is 0 Å². The van der Waals surface area contributed by atoms with Gasteiger partial charge in [-0.1, -0.05) is 83.2 Å². The first-order chi connectivity index (χ1) is 7.95. The number of hydrogen-bond acceptors (Lipinski definition) is 0. The van der Waals surface area contributed by atoms with Gasteiger partial charge in [-0.15, -0.1) is 0 Å². The first kappa shape index (κ1) is 15.7. The number of benzene rings is 1. The molecule has 0 N–H and O–H groups in total. The summed E-state index contributed by atoms with van der Waals surface area (Å²) in [6.45, 7) is 16.6. The summed E-state index contributed by atoms with van der Waals surface area (Å²) in [5.41, 5.74) is 4.07. The summed E-state index contributed by atoms with van der Waals surface area (Å²) in [5.74, 6) is 0. The molecule has 0 aliphatic carbocycles. The van der Waals surface area contributed by atoms with Gasteiger partial charge in [-0.2, -0.15) is 0 Å². The van der Waals surface area contributed by atoms with E-state index in [9.17, 15) is 0 Å². The molecule has 0 saturated heterocycles. The summed E-state index contributed by atoms with van der Waals surface area (Å²) < 4.78 is 0. The van der Waals surface area contributed by atoms with Gasteiger partial charge < -0.3 is 0 Å². The highest BCUT2D eigenvalue weighted by Gasteiger charge is 2.17. The minimum absolute atomic E-state index is 0.156. The highest BCUT2D eigenvalue weighted by atomic mass is 14.2. The van der Waals surface area contributed by atoms with Crippen LogP contribution in [0.25, 0.3) is 5.57 Å². The Hall–Kier alpha value is -1.30. The van der Waals surface area contributed by atoms with Crippen LogP contribution in [0.3, 0.4) is 0 Å². The summed E-state index contributed by atoms with van der Waals surface area (Å²) in [6, 6.07) is 8.65. The average molecular weight is 230 g/mol. The van der Waals surface area contributed by atoms with Crippen LogP contribution in [0.15, 0.2) is 43.0 Å². The average Bonchev–Trinajstić information content (AvgIpc) is 2.29. The highest BCUT2D eigenvalue weighted by Crippen LogP contribution is 2.33. The van der Waals surface area contributed by atoms with Gasteiger partial charge in [0.1, 0.15) is 0 Å².